The molecule has 3 heteroatoms. The van der Waals surface area contributed by atoms with Crippen molar-refractivity contribution < 1.29 is 14.3 Å². The van der Waals surface area contributed by atoms with Gasteiger partial charge in [-0.1, -0.05) is 6.07 Å². The zero-order valence-electron chi connectivity index (χ0n) is 7.53. The van der Waals surface area contributed by atoms with Gasteiger partial charge in [-0.25, -0.2) is 0 Å². The summed E-state index contributed by atoms with van der Waals surface area (Å²) in [7, 11) is 1.46. The van der Waals surface area contributed by atoms with E-state index in [0.29, 0.717) is 23.2 Å². The van der Waals surface area contributed by atoms with Crippen molar-refractivity contribution in [1.82, 2.24) is 0 Å². The van der Waals surface area contributed by atoms with Gasteiger partial charge in [-0.05, 0) is 19.1 Å². The smallest absolute Gasteiger partial charge is 0.159 e. The number of methoxy groups -OCH3 is 1. The Morgan fingerprint density at radius 3 is 2.62 bits per heavy atom. The number of ketones is 1. The van der Waals surface area contributed by atoms with Gasteiger partial charge in [-0.2, -0.15) is 0 Å². The molecule has 1 aromatic carbocycles. The molecule has 1 aromatic rings. The number of Topliss-reactive ketones (excluding diaryl/α,β-unsaturated/α-hetero) is 1. The predicted molar refractivity (Wildman–Crippen MR) is 48.4 cm³/mol. The van der Waals surface area contributed by atoms with Crippen LogP contribution in [0.15, 0.2) is 18.2 Å². The molecule has 0 aliphatic carbocycles. The molecule has 0 radical (unpaired) electrons. The zero-order chi connectivity index (χ0) is 9.84. The fourth-order valence-electron chi connectivity index (χ4n) is 1.03. The van der Waals surface area contributed by atoms with Gasteiger partial charge in [0.2, 0.25) is 0 Å². The van der Waals surface area contributed by atoms with Crippen LogP contribution in [0.2, 0.25) is 0 Å². The summed E-state index contributed by atoms with van der Waals surface area (Å²) >= 11 is 0. The molecule has 0 spiro atoms. The van der Waals surface area contributed by atoms with Crippen LogP contribution in [0, 0.1) is 0 Å². The Hall–Kier alpha value is -1.64. The molecule has 3 nitrogen and oxygen atoms in total. The van der Waals surface area contributed by atoms with Crippen molar-refractivity contribution in [3.05, 3.63) is 29.3 Å². The van der Waals surface area contributed by atoms with E-state index in [4.69, 9.17) is 4.74 Å². The molecule has 0 aliphatic rings. The van der Waals surface area contributed by atoms with Crippen molar-refractivity contribution in [2.24, 2.45) is 0 Å². The van der Waals surface area contributed by atoms with E-state index in [1.807, 2.05) is 0 Å². The molecule has 0 amide bonds. The Kier molecular flexibility index (Phi) is 2.80. The van der Waals surface area contributed by atoms with Crippen LogP contribution in [0.4, 0.5) is 0 Å². The third kappa shape index (κ3) is 1.93. The lowest BCUT2D eigenvalue weighted by Gasteiger charge is -2.04. The Balaban J connectivity index is 3.20. The lowest BCUT2D eigenvalue weighted by atomic mass is 10.1. The minimum atomic E-state index is -0.0456. The van der Waals surface area contributed by atoms with Gasteiger partial charge >= 0.3 is 0 Å². The second-order valence-electron chi connectivity index (χ2n) is 2.63. The van der Waals surface area contributed by atoms with E-state index in [0.717, 1.165) is 0 Å². The molecular weight excluding hydrogens is 168 g/mol. The van der Waals surface area contributed by atoms with E-state index < -0.39 is 0 Å². The molecular formula is C10H10O3. The minimum Gasteiger partial charge on any atom is -0.496 e. The van der Waals surface area contributed by atoms with E-state index in [2.05, 4.69) is 0 Å². The summed E-state index contributed by atoms with van der Waals surface area (Å²) < 4.78 is 4.94. The van der Waals surface area contributed by atoms with Gasteiger partial charge in [0.15, 0.2) is 12.1 Å². The first-order valence-corrected chi connectivity index (χ1v) is 3.83. The molecule has 0 saturated carbocycles. The fraction of sp³-hybridized carbons (Fsp3) is 0.200. The molecule has 0 atom stereocenters. The van der Waals surface area contributed by atoms with Gasteiger partial charge in [0, 0.05) is 5.56 Å². The molecule has 0 aliphatic heterocycles. The van der Waals surface area contributed by atoms with Crippen LogP contribution in [-0.4, -0.2) is 19.2 Å². The van der Waals surface area contributed by atoms with Gasteiger partial charge in [0.1, 0.15) is 5.75 Å². The number of rotatable bonds is 3. The van der Waals surface area contributed by atoms with Gasteiger partial charge in [-0.3, -0.25) is 9.59 Å². The summed E-state index contributed by atoms with van der Waals surface area (Å²) in [5.41, 5.74) is 0.995. The second kappa shape index (κ2) is 3.85. The fourth-order valence-corrected chi connectivity index (χ4v) is 1.03. The maximum atomic E-state index is 11.0. The maximum absolute atomic E-state index is 11.0. The number of benzene rings is 1. The second-order valence-corrected chi connectivity index (χ2v) is 2.63. The summed E-state index contributed by atoms with van der Waals surface area (Å²) in [6.07, 6.45) is 0.697. The van der Waals surface area contributed by atoms with Crippen LogP contribution in [0.3, 0.4) is 0 Å². The Labute approximate surface area is 76.3 Å². The van der Waals surface area contributed by atoms with Crippen molar-refractivity contribution >= 4 is 12.1 Å². The first kappa shape index (κ1) is 9.45. The van der Waals surface area contributed by atoms with Crippen LogP contribution in [0.25, 0.3) is 0 Å². The highest BCUT2D eigenvalue weighted by molar-refractivity contribution is 5.95. The van der Waals surface area contributed by atoms with Gasteiger partial charge < -0.3 is 4.74 Å². The minimum absolute atomic E-state index is 0.0456. The highest BCUT2D eigenvalue weighted by Gasteiger charge is 2.05. The predicted octanol–water partition coefficient (Wildman–Crippen LogP) is 1.71. The Bertz CT molecular complexity index is 342. The summed E-state index contributed by atoms with van der Waals surface area (Å²) in [5, 5.41) is 0. The SMILES string of the molecule is COc1cc(C(C)=O)ccc1C=O. The van der Waals surface area contributed by atoms with Crippen LogP contribution in [0.5, 0.6) is 5.75 Å². The topological polar surface area (TPSA) is 43.4 Å². The summed E-state index contributed by atoms with van der Waals surface area (Å²) in [5.74, 6) is 0.387. The van der Waals surface area contributed by atoms with Crippen LogP contribution in [-0.2, 0) is 0 Å². The lowest BCUT2D eigenvalue weighted by molar-refractivity contribution is 0.101. The molecule has 68 valence electrons. The molecule has 0 bridgehead atoms. The average molecular weight is 178 g/mol. The molecule has 13 heavy (non-hydrogen) atoms. The van der Waals surface area contributed by atoms with Crippen molar-refractivity contribution in [3.8, 4) is 5.75 Å². The van der Waals surface area contributed by atoms with Gasteiger partial charge in [0.05, 0.1) is 12.7 Å². The highest BCUT2D eigenvalue weighted by Crippen LogP contribution is 2.18. The number of carbonyl (C=O) groups is 2. The van der Waals surface area contributed by atoms with Crippen molar-refractivity contribution in [3.63, 3.8) is 0 Å². The molecule has 0 aromatic heterocycles. The molecule has 1 rings (SSSR count). The quantitative estimate of drug-likeness (QED) is 0.522. The maximum Gasteiger partial charge on any atom is 0.159 e. The van der Waals surface area contributed by atoms with Crippen LogP contribution >= 0.6 is 0 Å². The van der Waals surface area contributed by atoms with Gasteiger partial charge in [0.25, 0.3) is 0 Å². The molecule has 0 unspecified atom stereocenters. The number of ether oxygens (including phenoxy) is 1. The third-order valence-electron chi connectivity index (χ3n) is 1.77. The van der Waals surface area contributed by atoms with Crippen molar-refractivity contribution in [1.29, 1.82) is 0 Å². The van der Waals surface area contributed by atoms with E-state index in [1.165, 1.54) is 14.0 Å². The van der Waals surface area contributed by atoms with Gasteiger partial charge in [-0.15, -0.1) is 0 Å². The monoisotopic (exact) mass is 178 g/mol. The number of hydrogen-bond donors (Lipinski definition) is 0. The summed E-state index contributed by atoms with van der Waals surface area (Å²) in [4.78, 5) is 21.5. The van der Waals surface area contributed by atoms with Crippen LogP contribution < -0.4 is 4.74 Å². The number of hydrogen-bond acceptors (Lipinski definition) is 3. The summed E-state index contributed by atoms with van der Waals surface area (Å²) in [6.45, 7) is 1.47. The number of carbonyl (C=O) groups excluding carboxylic acids is 2. The molecule has 0 saturated heterocycles. The van der Waals surface area contributed by atoms with E-state index in [1.54, 1.807) is 18.2 Å². The molecule has 0 fully saturated rings. The van der Waals surface area contributed by atoms with E-state index in [9.17, 15) is 9.59 Å². The number of aldehydes is 1. The molecule has 0 N–H and O–H groups in total. The lowest BCUT2D eigenvalue weighted by Crippen LogP contribution is -1.96. The largest absolute Gasteiger partial charge is 0.496 e. The highest BCUT2D eigenvalue weighted by atomic mass is 16.5. The summed E-state index contributed by atoms with van der Waals surface area (Å²) in [6, 6.07) is 4.74. The van der Waals surface area contributed by atoms with Crippen LogP contribution in [0.1, 0.15) is 27.6 Å². The third-order valence-corrected chi connectivity index (χ3v) is 1.77. The zero-order valence-corrected chi connectivity index (χ0v) is 7.53. The average Bonchev–Trinajstić information content (AvgIpc) is 2.16. The van der Waals surface area contributed by atoms with E-state index >= 15 is 0 Å². The Morgan fingerprint density at radius 1 is 1.46 bits per heavy atom. The first-order valence-electron chi connectivity index (χ1n) is 3.83. The first-order chi connectivity index (χ1) is 6.19. The Morgan fingerprint density at radius 2 is 2.15 bits per heavy atom. The standard InChI is InChI=1S/C10H10O3/c1-7(12)8-3-4-9(6-11)10(5-8)13-2/h3-6H,1-2H3. The van der Waals surface area contributed by atoms with Crippen molar-refractivity contribution in [2.75, 3.05) is 7.11 Å². The normalized spacial score (nSPS) is 9.38. The van der Waals surface area contributed by atoms with Crippen molar-refractivity contribution in [2.45, 2.75) is 6.92 Å². The van der Waals surface area contributed by atoms with E-state index in [-0.39, 0.29) is 5.78 Å². The molecule has 0 heterocycles.